The van der Waals surface area contributed by atoms with Gasteiger partial charge in [0.2, 0.25) is 12.7 Å². The molecule has 0 radical (unpaired) electrons. The van der Waals surface area contributed by atoms with E-state index in [4.69, 9.17) is 18.9 Å². The highest BCUT2D eigenvalue weighted by atomic mass is 16.7. The van der Waals surface area contributed by atoms with Crippen molar-refractivity contribution < 1.29 is 28.5 Å². The first-order valence-electron chi connectivity index (χ1n) is 14.2. The Morgan fingerprint density at radius 3 is 2.41 bits per heavy atom. The number of hydrogen-bond donors (Lipinski definition) is 0. The lowest BCUT2D eigenvalue weighted by Gasteiger charge is -2.31. The summed E-state index contributed by atoms with van der Waals surface area (Å²) >= 11 is 0. The minimum atomic E-state index is -0.422. The quantitative estimate of drug-likeness (QED) is 0.326. The van der Waals surface area contributed by atoms with Crippen LogP contribution in [0, 0.1) is 5.92 Å². The van der Waals surface area contributed by atoms with Gasteiger partial charge in [0.05, 0.1) is 19.6 Å². The summed E-state index contributed by atoms with van der Waals surface area (Å²) in [6.45, 7) is 9.22. The van der Waals surface area contributed by atoms with E-state index >= 15 is 0 Å². The molecule has 2 heterocycles. The molecule has 0 aliphatic carbocycles. The van der Waals surface area contributed by atoms with Gasteiger partial charge in [-0.2, -0.15) is 0 Å². The summed E-state index contributed by atoms with van der Waals surface area (Å²) in [4.78, 5) is 30.9. The lowest BCUT2D eigenvalue weighted by molar-refractivity contribution is -0.149. The lowest BCUT2D eigenvalue weighted by atomic mass is 9.82. The van der Waals surface area contributed by atoms with E-state index in [0.717, 1.165) is 42.7 Å². The molecular weight excluding hydrogens is 496 g/mol. The minimum absolute atomic E-state index is 0.110. The largest absolute Gasteiger partial charge is 0.497 e. The Morgan fingerprint density at radius 2 is 1.72 bits per heavy atom. The van der Waals surface area contributed by atoms with Crippen molar-refractivity contribution >= 4 is 11.9 Å². The number of nitrogens with zero attached hydrogens (tertiary/aromatic N) is 2. The van der Waals surface area contributed by atoms with Gasteiger partial charge in [-0.1, -0.05) is 38.5 Å². The normalized spacial score (nSPS) is 20.2. The monoisotopic (exact) mass is 538 g/mol. The molecule has 3 atom stereocenters. The Labute approximate surface area is 232 Å². The number of unbranched alkanes of at least 4 members (excludes halogenated alkanes) is 1. The number of benzene rings is 2. The molecule has 212 valence electrons. The van der Waals surface area contributed by atoms with E-state index in [0.29, 0.717) is 44.2 Å². The molecule has 0 N–H and O–H groups in total. The van der Waals surface area contributed by atoms with Crippen LogP contribution in [0.5, 0.6) is 17.2 Å². The van der Waals surface area contributed by atoms with Crippen molar-refractivity contribution in [3.8, 4) is 17.2 Å². The Balaban J connectivity index is 1.68. The molecule has 39 heavy (non-hydrogen) atoms. The van der Waals surface area contributed by atoms with Crippen molar-refractivity contribution in [1.82, 2.24) is 9.80 Å². The van der Waals surface area contributed by atoms with Crippen molar-refractivity contribution in [1.29, 1.82) is 0 Å². The topological polar surface area (TPSA) is 77.5 Å². The van der Waals surface area contributed by atoms with Crippen molar-refractivity contribution in [3.63, 3.8) is 0 Å². The molecule has 0 unspecified atom stereocenters. The van der Waals surface area contributed by atoms with Crippen LogP contribution >= 0.6 is 0 Å². The average molecular weight is 539 g/mol. The molecule has 8 heteroatoms. The number of carbonyl (C=O) groups is 2. The number of rotatable bonds is 13. The molecule has 0 spiro atoms. The second kappa shape index (κ2) is 13.7. The highest BCUT2D eigenvalue weighted by Gasteiger charge is 2.48. The number of amides is 1. The number of likely N-dealkylation sites (tertiary alicyclic amines) is 1. The zero-order valence-electron chi connectivity index (χ0n) is 23.7. The second-order valence-electron chi connectivity index (χ2n) is 10.2. The Hall–Kier alpha value is -3.26. The van der Waals surface area contributed by atoms with Crippen LogP contribution in [-0.2, 0) is 14.3 Å². The van der Waals surface area contributed by atoms with Crippen LogP contribution in [0.4, 0.5) is 0 Å². The van der Waals surface area contributed by atoms with Crippen LogP contribution in [0.2, 0.25) is 0 Å². The molecule has 0 bridgehead atoms. The first kappa shape index (κ1) is 28.7. The number of esters is 1. The molecule has 0 aromatic heterocycles. The van der Waals surface area contributed by atoms with Gasteiger partial charge >= 0.3 is 5.97 Å². The summed E-state index contributed by atoms with van der Waals surface area (Å²) in [7, 11) is 1.65. The third-order valence-electron chi connectivity index (χ3n) is 7.69. The fourth-order valence-electron chi connectivity index (χ4n) is 5.70. The first-order valence-corrected chi connectivity index (χ1v) is 14.2. The van der Waals surface area contributed by atoms with E-state index in [1.54, 1.807) is 7.11 Å². The first-order chi connectivity index (χ1) is 19.0. The molecule has 2 aromatic rings. The smallest absolute Gasteiger partial charge is 0.311 e. The van der Waals surface area contributed by atoms with Crippen LogP contribution in [0.15, 0.2) is 42.5 Å². The predicted octanol–water partition coefficient (Wildman–Crippen LogP) is 5.17. The van der Waals surface area contributed by atoms with E-state index in [9.17, 15) is 9.59 Å². The summed E-state index contributed by atoms with van der Waals surface area (Å²) in [5.41, 5.74) is 2.04. The van der Waals surface area contributed by atoms with Crippen molar-refractivity contribution in [3.05, 3.63) is 53.6 Å². The fraction of sp³-hybridized carbons (Fsp3) is 0.548. The maximum atomic E-state index is 13.6. The van der Waals surface area contributed by atoms with E-state index in [2.05, 4.69) is 11.8 Å². The minimum Gasteiger partial charge on any atom is -0.497 e. The molecule has 0 saturated carbocycles. The van der Waals surface area contributed by atoms with Gasteiger partial charge in [-0.3, -0.25) is 14.5 Å². The zero-order chi connectivity index (χ0) is 27.8. The number of hydrogen-bond acceptors (Lipinski definition) is 7. The van der Waals surface area contributed by atoms with Gasteiger partial charge in [0, 0.05) is 44.6 Å². The van der Waals surface area contributed by atoms with Gasteiger partial charge in [0.1, 0.15) is 5.75 Å². The van der Waals surface area contributed by atoms with Gasteiger partial charge in [0.25, 0.3) is 0 Å². The van der Waals surface area contributed by atoms with Crippen LogP contribution in [0.3, 0.4) is 0 Å². The van der Waals surface area contributed by atoms with E-state index < -0.39 is 5.92 Å². The van der Waals surface area contributed by atoms with Gasteiger partial charge in [0.15, 0.2) is 11.5 Å². The van der Waals surface area contributed by atoms with Crippen LogP contribution in [0.1, 0.15) is 69.5 Å². The van der Waals surface area contributed by atoms with Gasteiger partial charge in [-0.05, 0) is 55.2 Å². The summed E-state index contributed by atoms with van der Waals surface area (Å²) in [5.74, 6) is 1.63. The summed E-state index contributed by atoms with van der Waals surface area (Å²) < 4.78 is 22.2. The average Bonchev–Trinajstić information content (AvgIpc) is 3.58. The number of carbonyl (C=O) groups excluding carboxylic acids is 2. The highest BCUT2D eigenvalue weighted by molar-refractivity contribution is 5.76. The van der Waals surface area contributed by atoms with E-state index in [1.807, 2.05) is 61.2 Å². The maximum Gasteiger partial charge on any atom is 0.311 e. The lowest BCUT2D eigenvalue weighted by Crippen LogP contribution is -2.40. The fourth-order valence-corrected chi connectivity index (χ4v) is 5.70. The van der Waals surface area contributed by atoms with Crippen LogP contribution in [-0.4, -0.2) is 68.4 Å². The molecule has 4 rings (SSSR count). The van der Waals surface area contributed by atoms with E-state index in [1.165, 1.54) is 0 Å². The SMILES string of the molecule is CCCCN(CCN1C[C@H](c2ccc3c(c2)OCO3)[C@@H](C(=O)OCC)[C@@H]1c1ccc(OC)cc1)C(=O)CCC. The van der Waals surface area contributed by atoms with E-state index in [-0.39, 0.29) is 30.6 Å². The Bertz CT molecular complexity index is 1100. The van der Waals surface area contributed by atoms with Gasteiger partial charge in [-0.15, -0.1) is 0 Å². The molecule has 2 aromatic carbocycles. The highest BCUT2D eigenvalue weighted by Crippen LogP contribution is 2.48. The van der Waals surface area contributed by atoms with Crippen molar-refractivity contribution in [2.45, 2.75) is 58.4 Å². The Kier molecular flexibility index (Phi) is 10.1. The van der Waals surface area contributed by atoms with Gasteiger partial charge < -0.3 is 23.8 Å². The molecule has 1 fully saturated rings. The van der Waals surface area contributed by atoms with Crippen LogP contribution < -0.4 is 14.2 Å². The predicted molar refractivity (Wildman–Crippen MR) is 149 cm³/mol. The standard InChI is InChI=1S/C31H42N2O6/c1-5-8-16-32(28(34)9-6-2)17-18-33-20-25(23-12-15-26-27(19-23)39-21-38-26)29(31(35)37-7-3)30(33)22-10-13-24(36-4)14-11-22/h10-15,19,25,29-30H,5-9,16-18,20-21H2,1-4H3/t25-,29-,30+/m1/s1. The summed E-state index contributed by atoms with van der Waals surface area (Å²) in [6.07, 6.45) is 3.39. The maximum absolute atomic E-state index is 13.6. The van der Waals surface area contributed by atoms with Crippen molar-refractivity contribution in [2.24, 2.45) is 5.92 Å². The zero-order valence-corrected chi connectivity index (χ0v) is 23.7. The molecule has 1 amide bonds. The number of methoxy groups -OCH3 is 1. The molecule has 8 nitrogen and oxygen atoms in total. The molecule has 2 aliphatic rings. The summed E-state index contributed by atoms with van der Waals surface area (Å²) in [5, 5.41) is 0. The molecular formula is C31H42N2O6. The molecule has 2 aliphatic heterocycles. The van der Waals surface area contributed by atoms with Gasteiger partial charge in [-0.25, -0.2) is 0 Å². The Morgan fingerprint density at radius 1 is 0.974 bits per heavy atom. The van der Waals surface area contributed by atoms with Crippen LogP contribution in [0.25, 0.3) is 0 Å². The molecule has 1 saturated heterocycles. The number of fused-ring (bicyclic) bond motifs is 1. The third kappa shape index (κ3) is 6.67. The van der Waals surface area contributed by atoms with Crippen molar-refractivity contribution in [2.75, 3.05) is 46.7 Å². The number of ether oxygens (including phenoxy) is 4. The second-order valence-corrected chi connectivity index (χ2v) is 10.2. The third-order valence-corrected chi connectivity index (χ3v) is 7.69. The summed E-state index contributed by atoms with van der Waals surface area (Å²) in [6, 6.07) is 13.7.